The number of Topliss-reactive ketones (excluding diaryl/α,β-unsaturated/α-hetero) is 2. The summed E-state index contributed by atoms with van der Waals surface area (Å²) < 4.78 is 5.66. The molecule has 3 rings (SSSR count). The molecule has 0 N–H and O–H groups in total. The van der Waals surface area contributed by atoms with E-state index in [9.17, 15) is 9.59 Å². The summed E-state index contributed by atoms with van der Waals surface area (Å²) >= 11 is 0. The number of hydrogen-bond acceptors (Lipinski definition) is 3. The van der Waals surface area contributed by atoms with Crippen LogP contribution in [0.3, 0.4) is 0 Å². The molecule has 0 spiro atoms. The first-order chi connectivity index (χ1) is 11.2. The van der Waals surface area contributed by atoms with Crippen molar-refractivity contribution in [2.24, 2.45) is 0 Å². The molecule has 0 radical (unpaired) electrons. The standard InChI is InChI=1S/C20H14O3/c21-19(15-7-3-1-4-8-15)20(22)16-11-13-18(14-12-16)23-17-9-5-2-6-10-17/h1-14H. The van der Waals surface area contributed by atoms with Crippen LogP contribution in [0, 0.1) is 0 Å². The maximum atomic E-state index is 12.2. The highest BCUT2D eigenvalue weighted by Crippen LogP contribution is 2.21. The van der Waals surface area contributed by atoms with Crippen molar-refractivity contribution in [2.45, 2.75) is 0 Å². The zero-order chi connectivity index (χ0) is 16.1. The van der Waals surface area contributed by atoms with Gasteiger partial charge in [0.25, 0.3) is 0 Å². The normalized spacial score (nSPS) is 10.1. The third kappa shape index (κ3) is 3.52. The van der Waals surface area contributed by atoms with Crippen LogP contribution in [0.4, 0.5) is 0 Å². The Hall–Kier alpha value is -3.20. The maximum Gasteiger partial charge on any atom is 0.233 e. The van der Waals surface area contributed by atoms with Crippen molar-refractivity contribution in [1.29, 1.82) is 0 Å². The van der Waals surface area contributed by atoms with Crippen LogP contribution in [-0.4, -0.2) is 11.6 Å². The molecule has 3 heteroatoms. The SMILES string of the molecule is O=C(C(=O)c1ccc(Oc2ccccc2)cc1)c1ccccc1. The largest absolute Gasteiger partial charge is 0.457 e. The zero-order valence-electron chi connectivity index (χ0n) is 12.3. The Morgan fingerprint density at radius 1 is 0.522 bits per heavy atom. The highest BCUT2D eigenvalue weighted by Gasteiger charge is 2.17. The number of carbonyl (C=O) groups is 2. The Kier molecular flexibility index (Phi) is 4.29. The second-order valence-corrected chi connectivity index (χ2v) is 4.96. The summed E-state index contributed by atoms with van der Waals surface area (Å²) in [5.74, 6) is 0.289. The first-order valence-electron chi connectivity index (χ1n) is 7.21. The molecule has 0 unspecified atom stereocenters. The minimum Gasteiger partial charge on any atom is -0.457 e. The molecule has 3 aromatic rings. The van der Waals surface area contributed by atoms with Gasteiger partial charge in [-0.3, -0.25) is 9.59 Å². The van der Waals surface area contributed by atoms with Crippen molar-refractivity contribution in [3.63, 3.8) is 0 Å². The van der Waals surface area contributed by atoms with E-state index < -0.39 is 11.6 Å². The van der Waals surface area contributed by atoms with Crippen molar-refractivity contribution in [3.8, 4) is 11.5 Å². The van der Waals surface area contributed by atoms with Crippen molar-refractivity contribution in [2.75, 3.05) is 0 Å². The van der Waals surface area contributed by atoms with Gasteiger partial charge in [0.1, 0.15) is 11.5 Å². The highest BCUT2D eigenvalue weighted by atomic mass is 16.5. The fourth-order valence-electron chi connectivity index (χ4n) is 2.15. The van der Waals surface area contributed by atoms with Crippen molar-refractivity contribution in [3.05, 3.63) is 96.1 Å². The maximum absolute atomic E-state index is 12.2. The van der Waals surface area contributed by atoms with Gasteiger partial charge >= 0.3 is 0 Å². The lowest BCUT2D eigenvalue weighted by atomic mass is 10.0. The summed E-state index contributed by atoms with van der Waals surface area (Å²) in [6, 6.07) is 24.4. The molecule has 0 amide bonds. The van der Waals surface area contributed by atoms with E-state index in [4.69, 9.17) is 4.74 Å². The number of hydrogen-bond donors (Lipinski definition) is 0. The van der Waals surface area contributed by atoms with Crippen LogP contribution in [0.1, 0.15) is 20.7 Å². The van der Waals surface area contributed by atoms with Crippen molar-refractivity contribution < 1.29 is 14.3 Å². The fraction of sp³-hybridized carbons (Fsp3) is 0. The Labute approximate surface area is 134 Å². The van der Waals surface area contributed by atoms with E-state index in [0.717, 1.165) is 0 Å². The Morgan fingerprint density at radius 2 is 0.957 bits per heavy atom. The molecular formula is C20H14O3. The van der Waals surface area contributed by atoms with Gasteiger partial charge in [0.05, 0.1) is 0 Å². The molecule has 3 aromatic carbocycles. The van der Waals surface area contributed by atoms with Crippen LogP contribution >= 0.6 is 0 Å². The molecule has 3 nitrogen and oxygen atoms in total. The van der Waals surface area contributed by atoms with Crippen LogP contribution < -0.4 is 4.74 Å². The van der Waals surface area contributed by atoms with E-state index in [1.807, 2.05) is 30.3 Å². The lowest BCUT2D eigenvalue weighted by molar-refractivity contribution is 0.0817. The molecule has 0 heterocycles. The highest BCUT2D eigenvalue weighted by molar-refractivity contribution is 6.49. The van der Waals surface area contributed by atoms with Crippen LogP contribution in [0.2, 0.25) is 0 Å². The quantitative estimate of drug-likeness (QED) is 0.513. The average molecular weight is 302 g/mol. The first-order valence-corrected chi connectivity index (χ1v) is 7.21. The van der Waals surface area contributed by atoms with Crippen LogP contribution in [0.5, 0.6) is 11.5 Å². The van der Waals surface area contributed by atoms with E-state index in [2.05, 4.69) is 0 Å². The predicted molar refractivity (Wildman–Crippen MR) is 88.1 cm³/mol. The van der Waals surface area contributed by atoms with E-state index in [0.29, 0.717) is 22.6 Å². The van der Waals surface area contributed by atoms with Crippen molar-refractivity contribution >= 4 is 11.6 Å². The number of rotatable bonds is 5. The van der Waals surface area contributed by atoms with Crippen LogP contribution in [0.15, 0.2) is 84.9 Å². The smallest absolute Gasteiger partial charge is 0.233 e. The molecule has 0 saturated heterocycles. The predicted octanol–water partition coefficient (Wildman–Crippen LogP) is 4.54. The summed E-state index contributed by atoms with van der Waals surface area (Å²) in [5.41, 5.74) is 0.737. The van der Waals surface area contributed by atoms with E-state index in [1.54, 1.807) is 54.6 Å². The lowest BCUT2D eigenvalue weighted by Gasteiger charge is -2.06. The molecule has 112 valence electrons. The Balaban J connectivity index is 1.74. The molecule has 0 aromatic heterocycles. The minimum atomic E-state index is -0.525. The molecule has 0 saturated carbocycles. The third-order valence-electron chi connectivity index (χ3n) is 3.34. The number of carbonyl (C=O) groups excluding carboxylic acids is 2. The minimum absolute atomic E-state index is 0.347. The summed E-state index contributed by atoms with van der Waals surface area (Å²) in [5, 5.41) is 0. The van der Waals surface area contributed by atoms with Gasteiger partial charge in [-0.15, -0.1) is 0 Å². The summed E-state index contributed by atoms with van der Waals surface area (Å²) in [6.45, 7) is 0. The van der Waals surface area contributed by atoms with Gasteiger partial charge in [0.15, 0.2) is 0 Å². The molecule has 0 fully saturated rings. The number of benzene rings is 3. The van der Waals surface area contributed by atoms with Gasteiger partial charge in [-0.1, -0.05) is 48.5 Å². The summed E-state index contributed by atoms with van der Waals surface area (Å²) in [4.78, 5) is 24.4. The Morgan fingerprint density at radius 3 is 1.52 bits per heavy atom. The molecule has 0 aliphatic heterocycles. The second-order valence-electron chi connectivity index (χ2n) is 4.96. The first kappa shape index (κ1) is 14.7. The van der Waals surface area contributed by atoms with Gasteiger partial charge < -0.3 is 4.74 Å². The topological polar surface area (TPSA) is 43.4 Å². The van der Waals surface area contributed by atoms with E-state index in [1.165, 1.54) is 0 Å². The van der Waals surface area contributed by atoms with Crippen molar-refractivity contribution in [1.82, 2.24) is 0 Å². The Bertz CT molecular complexity index is 807. The third-order valence-corrected chi connectivity index (χ3v) is 3.34. The average Bonchev–Trinajstić information content (AvgIpc) is 2.63. The van der Waals surface area contributed by atoms with Gasteiger partial charge in [-0.25, -0.2) is 0 Å². The zero-order valence-corrected chi connectivity index (χ0v) is 12.3. The van der Waals surface area contributed by atoms with E-state index >= 15 is 0 Å². The monoisotopic (exact) mass is 302 g/mol. The number of para-hydroxylation sites is 1. The lowest BCUT2D eigenvalue weighted by Crippen LogP contribution is -2.14. The molecule has 0 aliphatic carbocycles. The molecular weight excluding hydrogens is 288 g/mol. The number of ether oxygens (including phenoxy) is 1. The van der Waals surface area contributed by atoms with Crippen LogP contribution in [-0.2, 0) is 0 Å². The molecule has 0 atom stereocenters. The number of ketones is 2. The van der Waals surface area contributed by atoms with Gasteiger partial charge in [-0.05, 0) is 36.4 Å². The van der Waals surface area contributed by atoms with Gasteiger partial charge in [-0.2, -0.15) is 0 Å². The van der Waals surface area contributed by atoms with Gasteiger partial charge in [0, 0.05) is 11.1 Å². The molecule has 0 aliphatic rings. The van der Waals surface area contributed by atoms with Crippen LogP contribution in [0.25, 0.3) is 0 Å². The molecule has 23 heavy (non-hydrogen) atoms. The van der Waals surface area contributed by atoms with Gasteiger partial charge in [0.2, 0.25) is 11.6 Å². The molecule has 0 bridgehead atoms. The fourth-order valence-corrected chi connectivity index (χ4v) is 2.15. The summed E-state index contributed by atoms with van der Waals surface area (Å²) in [6.07, 6.45) is 0. The summed E-state index contributed by atoms with van der Waals surface area (Å²) in [7, 11) is 0. The second kappa shape index (κ2) is 6.71. The van der Waals surface area contributed by atoms with E-state index in [-0.39, 0.29) is 0 Å².